The van der Waals surface area contributed by atoms with Gasteiger partial charge in [-0.3, -0.25) is 4.90 Å². The van der Waals surface area contributed by atoms with Crippen molar-refractivity contribution in [3.63, 3.8) is 0 Å². The molecule has 0 saturated carbocycles. The normalized spacial score (nSPS) is 10.0. The molecule has 1 aromatic heterocycles. The second kappa shape index (κ2) is 4.18. The number of amides is 1. The third-order valence-electron chi connectivity index (χ3n) is 1.49. The number of hydrogen-bond acceptors (Lipinski definition) is 4. The van der Waals surface area contributed by atoms with E-state index in [0.29, 0.717) is 5.13 Å². The summed E-state index contributed by atoms with van der Waals surface area (Å²) in [6.45, 7) is 2.04. The highest BCUT2D eigenvalue weighted by Gasteiger charge is 2.13. The Morgan fingerprint density at radius 3 is 2.85 bits per heavy atom. The number of nitrogens with zero attached hydrogens (tertiary/aromatic N) is 3. The SMILES string of the molecule is CCCc1nnc(N(C)C(=O)O)s1. The molecular formula is C7H11N3O2S. The molecule has 1 amide bonds. The van der Waals surface area contributed by atoms with E-state index in [0.717, 1.165) is 22.7 Å². The Morgan fingerprint density at radius 2 is 2.31 bits per heavy atom. The van der Waals surface area contributed by atoms with Gasteiger partial charge in [0.25, 0.3) is 0 Å². The summed E-state index contributed by atoms with van der Waals surface area (Å²) in [6, 6.07) is 0. The molecule has 5 nitrogen and oxygen atoms in total. The zero-order valence-corrected chi connectivity index (χ0v) is 8.34. The first-order valence-electron chi connectivity index (χ1n) is 3.94. The Balaban J connectivity index is 2.73. The van der Waals surface area contributed by atoms with Crippen LogP contribution >= 0.6 is 11.3 Å². The van der Waals surface area contributed by atoms with E-state index < -0.39 is 6.09 Å². The van der Waals surface area contributed by atoms with Gasteiger partial charge in [-0.1, -0.05) is 18.3 Å². The van der Waals surface area contributed by atoms with E-state index >= 15 is 0 Å². The Morgan fingerprint density at radius 1 is 1.62 bits per heavy atom. The standard InChI is InChI=1S/C7H11N3O2S/c1-3-4-5-8-9-6(13-5)10(2)7(11)12/h3-4H2,1-2H3,(H,11,12). The molecule has 1 rings (SSSR count). The van der Waals surface area contributed by atoms with Crippen molar-refractivity contribution in [1.29, 1.82) is 0 Å². The Labute approximate surface area is 80.0 Å². The number of carboxylic acid groups (broad SMARTS) is 1. The van der Waals surface area contributed by atoms with E-state index in [4.69, 9.17) is 5.11 Å². The summed E-state index contributed by atoms with van der Waals surface area (Å²) >= 11 is 1.32. The van der Waals surface area contributed by atoms with Crippen LogP contribution in [0.3, 0.4) is 0 Å². The maximum atomic E-state index is 10.5. The van der Waals surface area contributed by atoms with Crippen molar-refractivity contribution in [3.8, 4) is 0 Å². The van der Waals surface area contributed by atoms with Crippen molar-refractivity contribution < 1.29 is 9.90 Å². The predicted molar refractivity (Wildman–Crippen MR) is 50.3 cm³/mol. The van der Waals surface area contributed by atoms with Gasteiger partial charge in [-0.15, -0.1) is 10.2 Å². The molecular weight excluding hydrogens is 190 g/mol. The molecule has 0 bridgehead atoms. The fraction of sp³-hybridized carbons (Fsp3) is 0.571. The van der Waals surface area contributed by atoms with Gasteiger partial charge in [-0.2, -0.15) is 0 Å². The molecule has 0 aliphatic carbocycles. The van der Waals surface area contributed by atoms with Gasteiger partial charge >= 0.3 is 6.09 Å². The summed E-state index contributed by atoms with van der Waals surface area (Å²) in [5.74, 6) is 0. The molecule has 6 heteroatoms. The summed E-state index contributed by atoms with van der Waals surface area (Å²) in [5.41, 5.74) is 0. The van der Waals surface area contributed by atoms with Crippen LogP contribution in [0.2, 0.25) is 0 Å². The fourth-order valence-corrected chi connectivity index (χ4v) is 1.67. The second-order valence-corrected chi connectivity index (χ2v) is 3.61. The maximum absolute atomic E-state index is 10.5. The van der Waals surface area contributed by atoms with Gasteiger partial charge in [0.15, 0.2) is 0 Å². The average Bonchev–Trinajstić information content (AvgIpc) is 2.52. The van der Waals surface area contributed by atoms with Crippen LogP contribution in [0.15, 0.2) is 0 Å². The van der Waals surface area contributed by atoms with Crippen molar-refractivity contribution in [3.05, 3.63) is 5.01 Å². The first-order valence-corrected chi connectivity index (χ1v) is 4.75. The zero-order chi connectivity index (χ0) is 9.84. The smallest absolute Gasteiger partial charge is 0.413 e. The van der Waals surface area contributed by atoms with Gasteiger partial charge in [0.05, 0.1) is 0 Å². The second-order valence-electron chi connectivity index (χ2n) is 2.57. The van der Waals surface area contributed by atoms with Crippen LogP contribution in [-0.2, 0) is 6.42 Å². The molecule has 0 atom stereocenters. The minimum atomic E-state index is -1.01. The molecule has 0 saturated heterocycles. The van der Waals surface area contributed by atoms with Gasteiger partial charge < -0.3 is 5.11 Å². The van der Waals surface area contributed by atoms with E-state index in [2.05, 4.69) is 10.2 Å². The van der Waals surface area contributed by atoms with Crippen molar-refractivity contribution >= 4 is 22.6 Å². The number of hydrogen-bond donors (Lipinski definition) is 1. The van der Waals surface area contributed by atoms with Crippen LogP contribution in [0.1, 0.15) is 18.4 Å². The molecule has 0 unspecified atom stereocenters. The largest absolute Gasteiger partial charge is 0.465 e. The molecule has 13 heavy (non-hydrogen) atoms. The molecule has 1 aromatic rings. The van der Waals surface area contributed by atoms with Crippen LogP contribution in [0.4, 0.5) is 9.93 Å². The van der Waals surface area contributed by atoms with Gasteiger partial charge in [-0.25, -0.2) is 4.79 Å². The average molecular weight is 201 g/mol. The molecule has 1 heterocycles. The summed E-state index contributed by atoms with van der Waals surface area (Å²) in [7, 11) is 1.46. The summed E-state index contributed by atoms with van der Waals surface area (Å²) in [5, 5.41) is 17.6. The lowest BCUT2D eigenvalue weighted by Crippen LogP contribution is -2.23. The maximum Gasteiger partial charge on any atom is 0.413 e. The molecule has 0 radical (unpaired) electrons. The van der Waals surface area contributed by atoms with Crippen LogP contribution in [-0.4, -0.2) is 28.4 Å². The Hall–Kier alpha value is -1.17. The van der Waals surface area contributed by atoms with Crippen molar-refractivity contribution in [2.45, 2.75) is 19.8 Å². The van der Waals surface area contributed by atoms with Gasteiger partial charge in [0.2, 0.25) is 5.13 Å². The van der Waals surface area contributed by atoms with Gasteiger partial charge in [-0.05, 0) is 6.42 Å². The first kappa shape index (κ1) is 9.91. The molecule has 0 spiro atoms. The summed E-state index contributed by atoms with van der Waals surface area (Å²) in [6.07, 6.45) is 0.829. The van der Waals surface area contributed by atoms with Crippen LogP contribution in [0.5, 0.6) is 0 Å². The predicted octanol–water partition coefficient (Wildman–Crippen LogP) is 1.60. The zero-order valence-electron chi connectivity index (χ0n) is 7.52. The highest BCUT2D eigenvalue weighted by atomic mass is 32.1. The van der Waals surface area contributed by atoms with Crippen molar-refractivity contribution in [1.82, 2.24) is 10.2 Å². The third-order valence-corrected chi connectivity index (χ3v) is 2.55. The number of carbonyl (C=O) groups is 1. The third kappa shape index (κ3) is 2.38. The molecule has 0 aliphatic heterocycles. The topological polar surface area (TPSA) is 66.3 Å². The van der Waals surface area contributed by atoms with Gasteiger partial charge in [0, 0.05) is 13.5 Å². The summed E-state index contributed by atoms with van der Waals surface area (Å²) < 4.78 is 0. The first-order chi connectivity index (χ1) is 6.15. The highest BCUT2D eigenvalue weighted by molar-refractivity contribution is 7.15. The van der Waals surface area contributed by atoms with E-state index in [1.54, 1.807) is 0 Å². The Kier molecular flexibility index (Phi) is 3.18. The molecule has 0 aliphatic rings. The number of aryl methyl sites for hydroxylation is 1. The van der Waals surface area contributed by atoms with E-state index in [1.807, 2.05) is 6.92 Å². The molecule has 0 fully saturated rings. The highest BCUT2D eigenvalue weighted by Crippen LogP contribution is 2.19. The lowest BCUT2D eigenvalue weighted by molar-refractivity contribution is 0.203. The van der Waals surface area contributed by atoms with Crippen molar-refractivity contribution in [2.24, 2.45) is 0 Å². The minimum Gasteiger partial charge on any atom is -0.465 e. The van der Waals surface area contributed by atoms with E-state index in [-0.39, 0.29) is 0 Å². The van der Waals surface area contributed by atoms with Crippen LogP contribution in [0, 0.1) is 0 Å². The van der Waals surface area contributed by atoms with E-state index in [1.165, 1.54) is 18.4 Å². The molecule has 0 aromatic carbocycles. The molecule has 72 valence electrons. The Bertz CT molecular complexity index is 300. The van der Waals surface area contributed by atoms with Crippen LogP contribution in [0.25, 0.3) is 0 Å². The summed E-state index contributed by atoms with van der Waals surface area (Å²) in [4.78, 5) is 11.6. The number of rotatable bonds is 3. The van der Waals surface area contributed by atoms with Crippen molar-refractivity contribution in [2.75, 3.05) is 11.9 Å². The van der Waals surface area contributed by atoms with Crippen LogP contribution < -0.4 is 4.90 Å². The van der Waals surface area contributed by atoms with E-state index in [9.17, 15) is 4.79 Å². The number of aromatic nitrogens is 2. The quantitative estimate of drug-likeness (QED) is 0.806. The minimum absolute atomic E-state index is 0.427. The molecule has 1 N–H and O–H groups in total. The lowest BCUT2D eigenvalue weighted by Gasteiger charge is -2.05. The number of anilines is 1. The monoisotopic (exact) mass is 201 g/mol. The lowest BCUT2D eigenvalue weighted by atomic mass is 10.4. The van der Waals surface area contributed by atoms with Gasteiger partial charge in [0.1, 0.15) is 5.01 Å². The fourth-order valence-electron chi connectivity index (χ4n) is 0.777.